The highest BCUT2D eigenvalue weighted by Gasteiger charge is 2.26. The van der Waals surface area contributed by atoms with E-state index in [1.54, 1.807) is 0 Å². The van der Waals surface area contributed by atoms with Crippen LogP contribution in [-0.4, -0.2) is 11.0 Å². The molecule has 4 rings (SSSR count). The maximum absolute atomic E-state index is 12.3. The van der Waals surface area contributed by atoms with E-state index in [1.807, 2.05) is 73.7 Å². The summed E-state index contributed by atoms with van der Waals surface area (Å²) >= 11 is 1.54. The maximum Gasteiger partial charge on any atom is 0.335 e. The fraction of sp³-hybridized carbons (Fsp3) is 0.200. The summed E-state index contributed by atoms with van der Waals surface area (Å²) in [5.74, 6) is -0.131. The van der Waals surface area contributed by atoms with Gasteiger partial charge in [0.25, 0.3) is 0 Å². The van der Waals surface area contributed by atoms with E-state index in [2.05, 4.69) is 20.4 Å². The van der Waals surface area contributed by atoms with Crippen LogP contribution in [0.2, 0.25) is 0 Å². The number of aryl methyl sites for hydroxylation is 1. The number of esters is 1. The van der Waals surface area contributed by atoms with Crippen LogP contribution in [-0.2, 0) is 4.79 Å². The van der Waals surface area contributed by atoms with Gasteiger partial charge in [0.1, 0.15) is 28.5 Å². The summed E-state index contributed by atoms with van der Waals surface area (Å²) < 4.78 is 6.80. The van der Waals surface area contributed by atoms with Gasteiger partial charge in [0, 0.05) is 11.6 Å². The Morgan fingerprint density at radius 3 is 2.61 bits per heavy atom. The van der Waals surface area contributed by atoms with Crippen LogP contribution in [0.5, 0.6) is 5.75 Å². The molecule has 1 heterocycles. The molecule has 0 unspecified atom stereocenters. The largest absolute Gasteiger partial charge is 0.422 e. The van der Waals surface area contributed by atoms with Gasteiger partial charge in [-0.25, -0.2) is 9.78 Å². The normalized spacial score (nSPS) is 14.7. The topological polar surface area (TPSA) is 86.8 Å². The van der Waals surface area contributed by atoms with Gasteiger partial charge < -0.3 is 4.74 Å². The van der Waals surface area contributed by atoms with E-state index in [1.165, 1.54) is 11.3 Å². The Bertz CT molecular complexity index is 1510. The summed E-state index contributed by atoms with van der Waals surface area (Å²) in [4.78, 5) is 17.1. The molecule has 0 amide bonds. The molecular formula is C30H25N3O2S. The van der Waals surface area contributed by atoms with E-state index in [0.717, 1.165) is 55.6 Å². The molecule has 0 aliphatic heterocycles. The van der Waals surface area contributed by atoms with Gasteiger partial charge >= 0.3 is 5.97 Å². The van der Waals surface area contributed by atoms with Crippen LogP contribution < -0.4 is 4.74 Å². The number of allylic oxidation sites excluding steroid dienone is 5. The second kappa shape index (κ2) is 10.2. The molecule has 6 heteroatoms. The lowest BCUT2D eigenvalue weighted by Crippen LogP contribution is -2.17. The molecule has 3 aromatic rings. The number of fused-ring (bicyclic) bond motifs is 1. The number of aromatic nitrogens is 1. The molecule has 0 N–H and O–H groups in total. The van der Waals surface area contributed by atoms with Crippen LogP contribution in [0, 0.1) is 35.0 Å². The summed E-state index contributed by atoms with van der Waals surface area (Å²) in [7, 11) is 0. The van der Waals surface area contributed by atoms with Gasteiger partial charge in [-0.3, -0.25) is 0 Å². The van der Waals surface area contributed by atoms with Crippen molar-refractivity contribution in [3.05, 3.63) is 89.1 Å². The number of nitrogens with zero attached hydrogens (tertiary/aromatic N) is 3. The monoisotopic (exact) mass is 491 g/mol. The first kappa shape index (κ1) is 24.9. The molecule has 0 bridgehead atoms. The van der Waals surface area contributed by atoms with Gasteiger partial charge in [-0.15, -0.1) is 11.3 Å². The Kier molecular flexibility index (Phi) is 7.01. The minimum Gasteiger partial charge on any atom is -0.422 e. The molecule has 0 fully saturated rings. The molecule has 1 aliphatic carbocycles. The molecule has 178 valence electrons. The predicted molar refractivity (Wildman–Crippen MR) is 144 cm³/mol. The van der Waals surface area contributed by atoms with Crippen molar-refractivity contribution in [3.63, 3.8) is 0 Å². The molecule has 1 aromatic heterocycles. The fourth-order valence-corrected chi connectivity index (χ4v) is 5.40. The van der Waals surface area contributed by atoms with Gasteiger partial charge in [0.05, 0.1) is 15.8 Å². The molecule has 5 nitrogen and oxygen atoms in total. The number of hydrogen-bond donors (Lipinski definition) is 0. The number of hydrogen-bond acceptors (Lipinski definition) is 6. The standard InChI is InChI=1S/C30H25N3O2S/c1-5-27(34)35-28-21(11-10-20-14-22(23(17-31)18-32)16-30(3,4)15-20)12-19(2)13-24(28)29-33-25-8-6-7-9-26(25)36-29/h5-14H,1,15-16H2,2-4H3. The minimum absolute atomic E-state index is 0.0976. The van der Waals surface area contributed by atoms with Crippen molar-refractivity contribution in [2.45, 2.75) is 33.6 Å². The third-order valence-electron chi connectivity index (χ3n) is 5.89. The van der Waals surface area contributed by atoms with Crippen LogP contribution >= 0.6 is 11.3 Å². The number of ether oxygens (including phenoxy) is 1. The Morgan fingerprint density at radius 2 is 1.92 bits per heavy atom. The van der Waals surface area contributed by atoms with Crippen molar-refractivity contribution < 1.29 is 9.53 Å². The van der Waals surface area contributed by atoms with E-state index in [9.17, 15) is 15.3 Å². The number of benzene rings is 2. The summed E-state index contributed by atoms with van der Waals surface area (Å²) in [6.07, 6.45) is 8.39. The third kappa shape index (κ3) is 5.35. The number of para-hydroxylation sites is 1. The zero-order chi connectivity index (χ0) is 25.9. The fourth-order valence-electron chi connectivity index (χ4n) is 4.42. The SMILES string of the molecule is C=CC(=O)Oc1c(C=CC2=CC(=C(C#N)C#N)CC(C)(C)C2)cc(C)cc1-c1nc2ccccc2s1. The van der Waals surface area contributed by atoms with Gasteiger partial charge in [-0.05, 0) is 66.2 Å². The number of nitriles is 2. The van der Waals surface area contributed by atoms with E-state index in [-0.39, 0.29) is 11.0 Å². The highest BCUT2D eigenvalue weighted by Crippen LogP contribution is 2.42. The summed E-state index contributed by atoms with van der Waals surface area (Å²) in [6.45, 7) is 9.78. The molecule has 0 spiro atoms. The van der Waals surface area contributed by atoms with Crippen molar-refractivity contribution in [1.82, 2.24) is 4.98 Å². The molecule has 36 heavy (non-hydrogen) atoms. The van der Waals surface area contributed by atoms with E-state index < -0.39 is 5.97 Å². The molecule has 0 saturated heterocycles. The van der Waals surface area contributed by atoms with Gasteiger partial charge in [-0.2, -0.15) is 10.5 Å². The maximum atomic E-state index is 12.3. The first-order valence-corrected chi connectivity index (χ1v) is 12.3. The Labute approximate surface area is 215 Å². The molecule has 2 aromatic carbocycles. The number of carbonyl (C=O) groups excluding carboxylic acids is 1. The average Bonchev–Trinajstić information content (AvgIpc) is 3.28. The lowest BCUT2D eigenvalue weighted by molar-refractivity contribution is -0.128. The molecule has 1 aliphatic rings. The predicted octanol–water partition coefficient (Wildman–Crippen LogP) is 7.47. The van der Waals surface area contributed by atoms with Gasteiger partial charge in [0.15, 0.2) is 0 Å². The molecule has 0 atom stereocenters. The lowest BCUT2D eigenvalue weighted by atomic mass is 9.74. The first-order valence-electron chi connectivity index (χ1n) is 11.5. The van der Waals surface area contributed by atoms with Crippen molar-refractivity contribution in [1.29, 1.82) is 10.5 Å². The number of thiazole rings is 1. The average molecular weight is 492 g/mol. The Balaban J connectivity index is 1.84. The van der Waals surface area contributed by atoms with Crippen molar-refractivity contribution in [2.75, 3.05) is 0 Å². The van der Waals surface area contributed by atoms with Gasteiger partial charge in [-0.1, -0.05) is 50.8 Å². The summed E-state index contributed by atoms with van der Waals surface area (Å²) in [6, 6.07) is 15.8. The summed E-state index contributed by atoms with van der Waals surface area (Å²) in [5.41, 5.74) is 5.13. The number of carbonyl (C=O) groups is 1. The summed E-state index contributed by atoms with van der Waals surface area (Å²) in [5, 5.41) is 19.5. The number of rotatable bonds is 5. The Morgan fingerprint density at radius 1 is 1.17 bits per heavy atom. The zero-order valence-electron chi connectivity index (χ0n) is 20.5. The van der Waals surface area contributed by atoms with Gasteiger partial charge in [0.2, 0.25) is 0 Å². The van der Waals surface area contributed by atoms with Crippen LogP contribution in [0.1, 0.15) is 37.8 Å². The quantitative estimate of drug-likeness (QED) is 0.160. The lowest BCUT2D eigenvalue weighted by Gasteiger charge is -2.30. The van der Waals surface area contributed by atoms with Crippen molar-refractivity contribution >= 4 is 33.6 Å². The highest BCUT2D eigenvalue weighted by molar-refractivity contribution is 7.21. The van der Waals surface area contributed by atoms with Crippen molar-refractivity contribution in [2.24, 2.45) is 5.41 Å². The van der Waals surface area contributed by atoms with Crippen LogP contribution in [0.4, 0.5) is 0 Å². The molecular weight excluding hydrogens is 466 g/mol. The van der Waals surface area contributed by atoms with Crippen LogP contribution in [0.3, 0.4) is 0 Å². The van der Waals surface area contributed by atoms with Crippen molar-refractivity contribution in [3.8, 4) is 28.5 Å². The Hall–Kier alpha value is -4.26. The minimum atomic E-state index is -0.549. The van der Waals surface area contributed by atoms with E-state index in [4.69, 9.17) is 9.72 Å². The second-order valence-electron chi connectivity index (χ2n) is 9.54. The van der Waals surface area contributed by atoms with Crippen LogP contribution in [0.15, 0.2) is 77.9 Å². The van der Waals surface area contributed by atoms with E-state index in [0.29, 0.717) is 12.2 Å². The first-order chi connectivity index (χ1) is 17.2. The second-order valence-corrected chi connectivity index (χ2v) is 10.6. The molecule has 0 saturated carbocycles. The van der Waals surface area contributed by atoms with Crippen LogP contribution in [0.25, 0.3) is 26.9 Å². The third-order valence-corrected chi connectivity index (χ3v) is 6.96. The highest BCUT2D eigenvalue weighted by atomic mass is 32.1. The smallest absolute Gasteiger partial charge is 0.335 e. The van der Waals surface area contributed by atoms with E-state index >= 15 is 0 Å². The zero-order valence-corrected chi connectivity index (χ0v) is 21.3. The molecule has 0 radical (unpaired) electrons.